The van der Waals surface area contributed by atoms with E-state index in [9.17, 15) is 57.9 Å². The van der Waals surface area contributed by atoms with E-state index >= 15 is 4.39 Å². The molecule has 5 nitrogen and oxygen atoms in total. The van der Waals surface area contributed by atoms with Crippen molar-refractivity contribution in [2.24, 2.45) is 0 Å². The van der Waals surface area contributed by atoms with Gasteiger partial charge in [-0.2, -0.15) is 43.9 Å². The Bertz CT molecular complexity index is 1490. The molecule has 3 rings (SSSR count). The summed E-state index contributed by atoms with van der Waals surface area (Å²) in [6.07, 6.45) is -18.4. The molecule has 2 amide bonds. The highest BCUT2D eigenvalue weighted by molar-refractivity contribution is 9.10. The Hall–Kier alpha value is -3.83. The summed E-state index contributed by atoms with van der Waals surface area (Å²) >= 11 is 2.41. The second-order valence-corrected chi connectivity index (χ2v) is 9.05. The third-order valence-corrected chi connectivity index (χ3v) is 6.42. The predicted molar refractivity (Wildman–Crippen MR) is 125 cm³/mol. The molecule has 42 heavy (non-hydrogen) atoms. The van der Waals surface area contributed by atoms with Crippen molar-refractivity contribution in [1.29, 1.82) is 0 Å². The van der Waals surface area contributed by atoms with Gasteiger partial charge in [0.05, 0.1) is 44.2 Å². The minimum absolute atomic E-state index is 0.0461. The zero-order valence-corrected chi connectivity index (χ0v) is 21.9. The van der Waals surface area contributed by atoms with Gasteiger partial charge in [-0.05, 0) is 36.4 Å². The van der Waals surface area contributed by atoms with E-state index in [1.54, 1.807) is 0 Å². The molecule has 1 aromatic heterocycles. The summed E-state index contributed by atoms with van der Waals surface area (Å²) in [4.78, 5) is 29.5. The molecule has 0 saturated heterocycles. The number of hydrogen-bond acceptors (Lipinski definition) is 3. The van der Waals surface area contributed by atoms with E-state index in [-0.39, 0.29) is 21.6 Å². The molecule has 226 valence electrons. The summed E-state index contributed by atoms with van der Waals surface area (Å²) in [6.45, 7) is 0. The second kappa shape index (κ2) is 11.1. The van der Waals surface area contributed by atoms with Gasteiger partial charge in [0.2, 0.25) is 5.95 Å². The maximum atomic E-state index is 15.3. The highest BCUT2D eigenvalue weighted by Gasteiger charge is 2.73. The molecule has 0 radical (unpaired) electrons. The van der Waals surface area contributed by atoms with Crippen molar-refractivity contribution >= 4 is 39.3 Å². The van der Waals surface area contributed by atoms with Gasteiger partial charge < -0.3 is 4.90 Å². The van der Waals surface area contributed by atoms with E-state index in [0.717, 1.165) is 43.6 Å². The molecule has 0 aliphatic rings. The van der Waals surface area contributed by atoms with Crippen LogP contribution in [0.3, 0.4) is 0 Å². The molecule has 18 heteroatoms. The number of nitrogens with zero attached hydrogens (tertiary/aromatic N) is 3. The van der Waals surface area contributed by atoms with Crippen LogP contribution in [0.5, 0.6) is 0 Å². The smallest absolute Gasteiger partial charge is 0.309 e. The molecular formula is C24H12BrF12N3O2. The van der Waals surface area contributed by atoms with Crippen molar-refractivity contribution in [3.05, 3.63) is 88.7 Å². The number of halogens is 13. The number of pyridine rings is 1. The number of rotatable bonds is 5. The van der Waals surface area contributed by atoms with Crippen molar-refractivity contribution in [2.75, 3.05) is 15.9 Å². The number of amides is 2. The number of benzene rings is 2. The van der Waals surface area contributed by atoms with Gasteiger partial charge in [-0.3, -0.25) is 9.59 Å². The first-order valence-corrected chi connectivity index (χ1v) is 11.6. The van der Waals surface area contributed by atoms with Gasteiger partial charge in [-0.25, -0.2) is 17.7 Å². The Morgan fingerprint density at radius 1 is 0.786 bits per heavy atom. The molecule has 2 aromatic carbocycles. The van der Waals surface area contributed by atoms with Crippen molar-refractivity contribution in [2.45, 2.75) is 24.2 Å². The summed E-state index contributed by atoms with van der Waals surface area (Å²) in [5.41, 5.74) is -14.3. The third kappa shape index (κ3) is 5.89. The highest BCUT2D eigenvalue weighted by atomic mass is 79.9. The van der Waals surface area contributed by atoms with Crippen molar-refractivity contribution in [3.63, 3.8) is 0 Å². The van der Waals surface area contributed by atoms with Gasteiger partial charge in [-0.1, -0.05) is 12.1 Å². The normalized spacial score (nSPS) is 12.7. The number of carbonyl (C=O) groups excluding carboxylic acids is 2. The average molecular weight is 682 g/mol. The van der Waals surface area contributed by atoms with Crippen LogP contribution in [0.25, 0.3) is 0 Å². The van der Waals surface area contributed by atoms with Crippen LogP contribution in [0.2, 0.25) is 0 Å². The Labute approximate surface area is 235 Å². The molecule has 0 unspecified atom stereocenters. The van der Waals surface area contributed by atoms with Crippen molar-refractivity contribution < 1.29 is 62.3 Å². The average Bonchev–Trinajstić information content (AvgIpc) is 2.89. The lowest BCUT2D eigenvalue weighted by Gasteiger charge is -2.31. The van der Waals surface area contributed by atoms with E-state index in [2.05, 4.69) is 21.1 Å². The maximum Gasteiger partial charge on any atom is 0.435 e. The molecule has 0 aliphatic carbocycles. The first kappa shape index (κ1) is 32.7. The zero-order chi connectivity index (χ0) is 32.0. The molecule has 3 aromatic rings. The summed E-state index contributed by atoms with van der Waals surface area (Å²) in [5, 5.41) is 0. The SMILES string of the molecule is CN(C(=O)c1ccc(F)nc1)c1cccc(C(=O)N(Br)c2ccc(C(F)(C(F)(F)F)C(F)(F)F)cc2C(F)(F)F)c1F. The zero-order valence-electron chi connectivity index (χ0n) is 20.3. The lowest BCUT2D eigenvalue weighted by molar-refractivity contribution is -0.348. The van der Waals surface area contributed by atoms with Crippen LogP contribution >= 0.6 is 16.1 Å². The number of anilines is 2. The quantitative estimate of drug-likeness (QED) is 0.156. The third-order valence-electron chi connectivity index (χ3n) is 5.72. The lowest BCUT2D eigenvalue weighted by atomic mass is 9.92. The van der Waals surface area contributed by atoms with E-state index in [4.69, 9.17) is 0 Å². The number of hydrogen-bond donors (Lipinski definition) is 0. The minimum atomic E-state index is -6.73. The van der Waals surface area contributed by atoms with E-state index in [1.165, 1.54) is 0 Å². The highest BCUT2D eigenvalue weighted by Crippen LogP contribution is 2.54. The molecule has 1 heterocycles. The van der Waals surface area contributed by atoms with Crippen LogP contribution < -0.4 is 8.83 Å². The van der Waals surface area contributed by atoms with Crippen LogP contribution in [-0.4, -0.2) is 36.2 Å². The fourth-order valence-electron chi connectivity index (χ4n) is 3.60. The fraction of sp³-hybridized carbons (Fsp3) is 0.208. The molecule has 0 fully saturated rings. The first-order chi connectivity index (χ1) is 19.1. The van der Waals surface area contributed by atoms with E-state index < -0.39 is 81.9 Å². The lowest BCUT2D eigenvalue weighted by Crippen LogP contribution is -2.50. The second-order valence-electron chi connectivity index (χ2n) is 8.34. The summed E-state index contributed by atoms with van der Waals surface area (Å²) in [5.74, 6) is -5.04. The Morgan fingerprint density at radius 2 is 1.38 bits per heavy atom. The van der Waals surface area contributed by atoms with Crippen LogP contribution in [0.15, 0.2) is 54.7 Å². The van der Waals surface area contributed by atoms with Crippen molar-refractivity contribution in [1.82, 2.24) is 4.98 Å². The summed E-state index contributed by atoms with van der Waals surface area (Å²) in [7, 11) is 1.02. The van der Waals surface area contributed by atoms with Gasteiger partial charge in [0.25, 0.3) is 11.8 Å². The molecule has 0 atom stereocenters. The molecule has 0 saturated carbocycles. The Morgan fingerprint density at radius 3 is 1.88 bits per heavy atom. The van der Waals surface area contributed by atoms with Crippen LogP contribution in [0.1, 0.15) is 31.8 Å². The van der Waals surface area contributed by atoms with Crippen LogP contribution in [-0.2, 0) is 11.8 Å². The number of carbonyl (C=O) groups is 2. The standard InChI is InChI=1S/C24H12BrF12N3O2/c1-39(19(41)11-5-8-17(26)38-10-11)16-4-2-3-13(18(16)27)20(42)40(25)15-7-6-12(9-14(15)22(29,30)31)21(28,23(32,33)34)24(35,36)37/h2-10H,1H3. The molecule has 0 bridgehead atoms. The monoisotopic (exact) mass is 681 g/mol. The fourth-order valence-corrected chi connectivity index (χ4v) is 4.10. The molecule has 0 spiro atoms. The van der Waals surface area contributed by atoms with E-state index in [0.29, 0.717) is 4.90 Å². The first-order valence-electron chi connectivity index (χ1n) is 10.8. The van der Waals surface area contributed by atoms with E-state index in [1.807, 2.05) is 0 Å². The largest absolute Gasteiger partial charge is 0.435 e. The number of aromatic nitrogens is 1. The topological polar surface area (TPSA) is 53.5 Å². The molecular weight excluding hydrogens is 670 g/mol. The molecule has 0 aliphatic heterocycles. The van der Waals surface area contributed by atoms with Gasteiger partial charge in [0.1, 0.15) is 0 Å². The van der Waals surface area contributed by atoms with Gasteiger partial charge >= 0.3 is 24.2 Å². The van der Waals surface area contributed by atoms with Gasteiger partial charge in [-0.15, -0.1) is 0 Å². The Balaban J connectivity index is 2.08. The van der Waals surface area contributed by atoms with Crippen LogP contribution in [0.4, 0.5) is 64.1 Å². The van der Waals surface area contributed by atoms with Crippen molar-refractivity contribution in [3.8, 4) is 0 Å². The minimum Gasteiger partial charge on any atom is -0.309 e. The summed E-state index contributed by atoms with van der Waals surface area (Å²) < 4.78 is 163. The van der Waals surface area contributed by atoms with Gasteiger partial charge in [0.15, 0.2) is 5.82 Å². The molecule has 0 N–H and O–H groups in total. The van der Waals surface area contributed by atoms with Gasteiger partial charge in [0, 0.05) is 18.8 Å². The van der Waals surface area contributed by atoms with Crippen LogP contribution in [0, 0.1) is 11.8 Å². The number of alkyl halides is 10. The summed E-state index contributed by atoms with van der Waals surface area (Å²) in [6, 6.07) is 3.46. The Kier molecular flexibility index (Phi) is 8.64. The maximum absolute atomic E-state index is 15.3. The predicted octanol–water partition coefficient (Wildman–Crippen LogP) is 7.90.